The fourth-order valence-corrected chi connectivity index (χ4v) is 2.46. The standard InChI is InChI=1S/C15H19N5/c1-3-14(13-16-5-1)4-8-19-9-11-20(12-10-19)15-17-6-2-7-18-15/h1-3,5-7,13H,4,8-12H2. The first-order valence-corrected chi connectivity index (χ1v) is 7.05. The van der Waals surface area contributed by atoms with Gasteiger partial charge in [-0.2, -0.15) is 0 Å². The van der Waals surface area contributed by atoms with Crippen molar-refractivity contribution >= 4 is 5.95 Å². The molecule has 0 saturated carbocycles. The number of rotatable bonds is 4. The quantitative estimate of drug-likeness (QED) is 0.835. The minimum atomic E-state index is 0.847. The topological polar surface area (TPSA) is 45.2 Å². The summed E-state index contributed by atoms with van der Waals surface area (Å²) in [5, 5.41) is 0. The summed E-state index contributed by atoms with van der Waals surface area (Å²) in [6.07, 6.45) is 8.44. The molecular weight excluding hydrogens is 250 g/mol. The lowest BCUT2D eigenvalue weighted by molar-refractivity contribution is 0.259. The molecule has 0 radical (unpaired) electrons. The van der Waals surface area contributed by atoms with Gasteiger partial charge in [-0.25, -0.2) is 9.97 Å². The van der Waals surface area contributed by atoms with Crippen LogP contribution >= 0.6 is 0 Å². The molecule has 0 amide bonds. The van der Waals surface area contributed by atoms with Crippen molar-refractivity contribution in [3.8, 4) is 0 Å². The highest BCUT2D eigenvalue weighted by Gasteiger charge is 2.18. The smallest absolute Gasteiger partial charge is 0.225 e. The Labute approximate surface area is 119 Å². The molecule has 1 saturated heterocycles. The lowest BCUT2D eigenvalue weighted by atomic mass is 10.2. The van der Waals surface area contributed by atoms with Gasteiger partial charge in [0.1, 0.15) is 0 Å². The molecule has 0 aliphatic carbocycles. The zero-order chi connectivity index (χ0) is 13.6. The highest BCUT2D eigenvalue weighted by molar-refractivity contribution is 5.29. The fourth-order valence-electron chi connectivity index (χ4n) is 2.46. The largest absolute Gasteiger partial charge is 0.338 e. The molecule has 20 heavy (non-hydrogen) atoms. The van der Waals surface area contributed by atoms with Gasteiger partial charge in [0.15, 0.2) is 0 Å². The van der Waals surface area contributed by atoms with E-state index in [1.165, 1.54) is 5.56 Å². The van der Waals surface area contributed by atoms with E-state index in [0.717, 1.165) is 45.1 Å². The van der Waals surface area contributed by atoms with Crippen molar-refractivity contribution < 1.29 is 0 Å². The molecule has 1 aliphatic heterocycles. The van der Waals surface area contributed by atoms with E-state index in [1.807, 2.05) is 24.5 Å². The van der Waals surface area contributed by atoms with Crippen LogP contribution in [0.5, 0.6) is 0 Å². The van der Waals surface area contributed by atoms with E-state index in [2.05, 4.69) is 30.8 Å². The minimum Gasteiger partial charge on any atom is -0.338 e. The predicted molar refractivity (Wildman–Crippen MR) is 78.6 cm³/mol. The Balaban J connectivity index is 1.47. The summed E-state index contributed by atoms with van der Waals surface area (Å²) < 4.78 is 0. The van der Waals surface area contributed by atoms with Gasteiger partial charge in [0.2, 0.25) is 5.95 Å². The van der Waals surface area contributed by atoms with E-state index < -0.39 is 0 Å². The first kappa shape index (κ1) is 13.0. The normalized spacial score (nSPS) is 16.3. The van der Waals surface area contributed by atoms with Crippen LogP contribution in [0.15, 0.2) is 43.0 Å². The average molecular weight is 269 g/mol. The maximum absolute atomic E-state index is 4.31. The third-order valence-corrected chi connectivity index (χ3v) is 3.65. The molecule has 2 aromatic rings. The highest BCUT2D eigenvalue weighted by atomic mass is 15.3. The van der Waals surface area contributed by atoms with Crippen molar-refractivity contribution in [1.29, 1.82) is 0 Å². The van der Waals surface area contributed by atoms with Gasteiger partial charge in [-0.05, 0) is 24.1 Å². The van der Waals surface area contributed by atoms with Crippen LogP contribution in [-0.4, -0.2) is 52.6 Å². The summed E-state index contributed by atoms with van der Waals surface area (Å²) in [7, 11) is 0. The molecule has 3 heterocycles. The molecule has 3 rings (SSSR count). The third kappa shape index (κ3) is 3.30. The maximum atomic E-state index is 4.31. The van der Waals surface area contributed by atoms with Crippen LogP contribution < -0.4 is 4.90 Å². The van der Waals surface area contributed by atoms with Crippen LogP contribution in [0.2, 0.25) is 0 Å². The summed E-state index contributed by atoms with van der Waals surface area (Å²) >= 11 is 0. The van der Waals surface area contributed by atoms with E-state index in [-0.39, 0.29) is 0 Å². The van der Waals surface area contributed by atoms with Gasteiger partial charge in [-0.15, -0.1) is 0 Å². The lowest BCUT2D eigenvalue weighted by Gasteiger charge is -2.34. The van der Waals surface area contributed by atoms with E-state index in [1.54, 1.807) is 12.4 Å². The Hall–Kier alpha value is -2.01. The van der Waals surface area contributed by atoms with Crippen molar-refractivity contribution in [2.75, 3.05) is 37.6 Å². The van der Waals surface area contributed by atoms with E-state index in [4.69, 9.17) is 0 Å². The molecule has 0 atom stereocenters. The zero-order valence-corrected chi connectivity index (χ0v) is 11.5. The van der Waals surface area contributed by atoms with Crippen LogP contribution in [0.1, 0.15) is 5.56 Å². The van der Waals surface area contributed by atoms with Gasteiger partial charge in [-0.1, -0.05) is 6.07 Å². The molecule has 0 aromatic carbocycles. The van der Waals surface area contributed by atoms with E-state index >= 15 is 0 Å². The molecule has 1 aliphatic rings. The number of hydrogen-bond acceptors (Lipinski definition) is 5. The molecule has 5 nitrogen and oxygen atoms in total. The summed E-state index contributed by atoms with van der Waals surface area (Å²) in [5.74, 6) is 0.847. The van der Waals surface area contributed by atoms with E-state index in [9.17, 15) is 0 Å². The lowest BCUT2D eigenvalue weighted by Crippen LogP contribution is -2.47. The van der Waals surface area contributed by atoms with Gasteiger partial charge in [0.05, 0.1) is 0 Å². The summed E-state index contributed by atoms with van der Waals surface area (Å²) in [6.45, 7) is 5.22. The molecule has 0 spiro atoms. The summed E-state index contributed by atoms with van der Waals surface area (Å²) in [5.41, 5.74) is 1.31. The Morgan fingerprint density at radius 1 is 0.950 bits per heavy atom. The van der Waals surface area contributed by atoms with Crippen molar-refractivity contribution in [1.82, 2.24) is 19.9 Å². The SMILES string of the molecule is c1cnc(N2CCN(CCc3cccnc3)CC2)nc1. The van der Waals surface area contributed by atoms with E-state index in [0.29, 0.717) is 0 Å². The highest BCUT2D eigenvalue weighted by Crippen LogP contribution is 2.10. The fraction of sp³-hybridized carbons (Fsp3) is 0.400. The monoisotopic (exact) mass is 269 g/mol. The second-order valence-corrected chi connectivity index (χ2v) is 4.99. The summed E-state index contributed by atoms with van der Waals surface area (Å²) in [6, 6.07) is 5.99. The Kier molecular flexibility index (Phi) is 4.18. The number of aromatic nitrogens is 3. The van der Waals surface area contributed by atoms with Gasteiger partial charge >= 0.3 is 0 Å². The second-order valence-electron chi connectivity index (χ2n) is 4.99. The van der Waals surface area contributed by atoms with Crippen LogP contribution in [-0.2, 0) is 6.42 Å². The van der Waals surface area contributed by atoms with Crippen LogP contribution in [0.3, 0.4) is 0 Å². The zero-order valence-electron chi connectivity index (χ0n) is 11.5. The van der Waals surface area contributed by atoms with Crippen LogP contribution in [0.4, 0.5) is 5.95 Å². The van der Waals surface area contributed by atoms with Gasteiger partial charge in [0, 0.05) is 57.5 Å². The second kappa shape index (κ2) is 6.43. The Bertz CT molecular complexity index is 508. The Morgan fingerprint density at radius 2 is 1.75 bits per heavy atom. The van der Waals surface area contributed by atoms with Crippen molar-refractivity contribution in [3.63, 3.8) is 0 Å². The maximum Gasteiger partial charge on any atom is 0.225 e. The third-order valence-electron chi connectivity index (χ3n) is 3.65. The first-order valence-electron chi connectivity index (χ1n) is 7.05. The minimum absolute atomic E-state index is 0.847. The number of hydrogen-bond donors (Lipinski definition) is 0. The Morgan fingerprint density at radius 3 is 2.45 bits per heavy atom. The molecule has 104 valence electrons. The van der Waals surface area contributed by atoms with Gasteiger partial charge in [-0.3, -0.25) is 9.88 Å². The average Bonchev–Trinajstić information content (AvgIpc) is 2.55. The molecule has 0 unspecified atom stereocenters. The summed E-state index contributed by atoms with van der Waals surface area (Å²) in [4.78, 5) is 17.5. The number of pyridine rings is 1. The molecule has 1 fully saturated rings. The first-order chi connectivity index (χ1) is 9.92. The molecule has 0 N–H and O–H groups in total. The molecular formula is C15H19N5. The van der Waals surface area contributed by atoms with Crippen molar-refractivity contribution in [3.05, 3.63) is 48.5 Å². The van der Waals surface area contributed by atoms with Gasteiger partial charge in [0.25, 0.3) is 0 Å². The number of anilines is 1. The van der Waals surface area contributed by atoms with Crippen molar-refractivity contribution in [2.45, 2.75) is 6.42 Å². The molecule has 2 aromatic heterocycles. The van der Waals surface area contributed by atoms with Gasteiger partial charge < -0.3 is 4.90 Å². The number of piperazine rings is 1. The molecule has 0 bridgehead atoms. The van der Waals surface area contributed by atoms with Crippen LogP contribution in [0.25, 0.3) is 0 Å². The number of nitrogens with zero attached hydrogens (tertiary/aromatic N) is 5. The van der Waals surface area contributed by atoms with Crippen molar-refractivity contribution in [2.24, 2.45) is 0 Å². The molecule has 5 heteroatoms. The van der Waals surface area contributed by atoms with Crippen LogP contribution in [0, 0.1) is 0 Å². The predicted octanol–water partition coefficient (Wildman–Crippen LogP) is 1.24.